The van der Waals surface area contributed by atoms with Crippen LogP contribution in [0.1, 0.15) is 32.1 Å². The third kappa shape index (κ3) is 5.06. The Bertz CT molecular complexity index is 523. The minimum atomic E-state index is -3.56. The Morgan fingerprint density at radius 2 is 2.14 bits per heavy atom. The number of rotatable bonds is 8. The Hall–Kier alpha value is -0.960. The van der Waals surface area contributed by atoms with E-state index in [-0.39, 0.29) is 30.7 Å². The van der Waals surface area contributed by atoms with Crippen LogP contribution in [-0.2, 0) is 21.3 Å². The number of nitrogens with one attached hydrogen (secondary N) is 1. The highest BCUT2D eigenvalue weighted by molar-refractivity contribution is 7.89. The summed E-state index contributed by atoms with van der Waals surface area (Å²) in [7, 11) is -3.56. The van der Waals surface area contributed by atoms with Crippen molar-refractivity contribution < 1.29 is 18.3 Å². The summed E-state index contributed by atoms with van der Waals surface area (Å²) >= 11 is 0. The average Bonchev–Trinajstić information content (AvgIpc) is 2.95. The van der Waals surface area contributed by atoms with Gasteiger partial charge in [0.05, 0.1) is 32.1 Å². The topological polar surface area (TPSA) is 93.5 Å². The molecule has 0 aromatic carbocycles. The third-order valence-corrected chi connectivity index (χ3v) is 4.96. The summed E-state index contributed by atoms with van der Waals surface area (Å²) in [4.78, 5) is 0.105. The van der Waals surface area contributed by atoms with E-state index in [1.807, 2.05) is 0 Å². The van der Waals surface area contributed by atoms with E-state index in [0.717, 1.165) is 12.8 Å². The van der Waals surface area contributed by atoms with Crippen molar-refractivity contribution in [1.29, 1.82) is 0 Å². The van der Waals surface area contributed by atoms with Gasteiger partial charge in [-0.2, -0.15) is 5.10 Å². The predicted octanol–water partition coefficient (Wildman–Crippen LogP) is 0.503. The molecule has 2 N–H and O–H groups in total. The number of nitrogens with zero attached hydrogens (tertiary/aromatic N) is 2. The molecule has 7 nitrogen and oxygen atoms in total. The number of hydrogen-bond donors (Lipinski definition) is 2. The van der Waals surface area contributed by atoms with Gasteiger partial charge in [-0.05, 0) is 12.8 Å². The van der Waals surface area contributed by atoms with E-state index in [1.165, 1.54) is 36.3 Å². The summed E-state index contributed by atoms with van der Waals surface area (Å²) < 4.78 is 33.6. The molecular formula is C13H23N3O4S. The maximum Gasteiger partial charge on any atom is 0.243 e. The van der Waals surface area contributed by atoms with Gasteiger partial charge in [-0.25, -0.2) is 13.1 Å². The second-order valence-electron chi connectivity index (χ2n) is 5.19. The molecule has 0 saturated heterocycles. The second kappa shape index (κ2) is 7.88. The van der Waals surface area contributed by atoms with Crippen molar-refractivity contribution in [1.82, 2.24) is 14.5 Å². The van der Waals surface area contributed by atoms with Crippen molar-refractivity contribution in [3.8, 4) is 0 Å². The molecule has 2 rings (SSSR count). The largest absolute Gasteiger partial charge is 0.394 e. The normalized spacial score (nSPS) is 17.2. The van der Waals surface area contributed by atoms with E-state index in [0.29, 0.717) is 6.61 Å². The predicted molar refractivity (Wildman–Crippen MR) is 77.3 cm³/mol. The molecule has 21 heavy (non-hydrogen) atoms. The molecule has 0 amide bonds. The smallest absolute Gasteiger partial charge is 0.243 e. The van der Waals surface area contributed by atoms with Crippen LogP contribution in [0.3, 0.4) is 0 Å². The van der Waals surface area contributed by atoms with Crippen LogP contribution >= 0.6 is 0 Å². The van der Waals surface area contributed by atoms with Gasteiger partial charge in [-0.1, -0.05) is 19.3 Å². The molecular weight excluding hydrogens is 294 g/mol. The van der Waals surface area contributed by atoms with Gasteiger partial charge in [0.1, 0.15) is 4.90 Å². The van der Waals surface area contributed by atoms with Crippen LogP contribution in [0.5, 0.6) is 0 Å². The Kier molecular flexibility index (Phi) is 6.16. The monoisotopic (exact) mass is 317 g/mol. The van der Waals surface area contributed by atoms with Crippen molar-refractivity contribution in [2.45, 2.75) is 49.6 Å². The number of ether oxygens (including phenoxy) is 1. The first-order valence-corrected chi connectivity index (χ1v) is 8.85. The first kappa shape index (κ1) is 16.4. The Morgan fingerprint density at radius 3 is 2.86 bits per heavy atom. The fourth-order valence-corrected chi connectivity index (χ4v) is 3.39. The van der Waals surface area contributed by atoms with E-state index in [2.05, 4.69) is 9.82 Å². The van der Waals surface area contributed by atoms with Crippen LogP contribution in [0.2, 0.25) is 0 Å². The summed E-state index contributed by atoms with van der Waals surface area (Å²) in [6.45, 7) is 0.836. The first-order chi connectivity index (χ1) is 10.1. The number of aliphatic hydroxyl groups is 1. The van der Waals surface area contributed by atoms with E-state index in [1.54, 1.807) is 0 Å². The molecule has 1 saturated carbocycles. The SMILES string of the molecule is O=S(=O)(NCCOC1CCCCC1)c1cnn(CCO)c1. The molecule has 1 fully saturated rings. The summed E-state index contributed by atoms with van der Waals surface area (Å²) in [5.41, 5.74) is 0. The zero-order valence-corrected chi connectivity index (χ0v) is 12.9. The molecule has 1 heterocycles. The molecule has 0 aliphatic heterocycles. The molecule has 120 valence electrons. The van der Waals surface area contributed by atoms with Gasteiger partial charge in [0.2, 0.25) is 10.0 Å². The van der Waals surface area contributed by atoms with E-state index < -0.39 is 10.0 Å². The molecule has 8 heteroatoms. The molecule has 0 radical (unpaired) electrons. The fourth-order valence-electron chi connectivity index (χ4n) is 2.42. The van der Waals surface area contributed by atoms with Crippen LogP contribution < -0.4 is 4.72 Å². The lowest BCUT2D eigenvalue weighted by Gasteiger charge is -2.21. The highest BCUT2D eigenvalue weighted by atomic mass is 32.2. The molecule has 1 aliphatic carbocycles. The Balaban J connectivity index is 1.75. The van der Waals surface area contributed by atoms with Crippen molar-refractivity contribution in [3.63, 3.8) is 0 Å². The maximum atomic E-state index is 12.0. The first-order valence-electron chi connectivity index (χ1n) is 7.36. The van der Waals surface area contributed by atoms with Gasteiger partial charge in [0, 0.05) is 12.7 Å². The Labute approximate surface area is 125 Å². The highest BCUT2D eigenvalue weighted by Crippen LogP contribution is 2.19. The van der Waals surface area contributed by atoms with Crippen LogP contribution in [0, 0.1) is 0 Å². The van der Waals surface area contributed by atoms with Crippen molar-refractivity contribution in [2.24, 2.45) is 0 Å². The Morgan fingerprint density at radius 1 is 1.38 bits per heavy atom. The molecule has 0 atom stereocenters. The molecule has 0 bridgehead atoms. The van der Waals surface area contributed by atoms with Crippen molar-refractivity contribution in [2.75, 3.05) is 19.8 Å². The van der Waals surface area contributed by atoms with Gasteiger partial charge in [0.15, 0.2) is 0 Å². The summed E-state index contributed by atoms with van der Waals surface area (Å²) in [5.74, 6) is 0. The van der Waals surface area contributed by atoms with Crippen LogP contribution in [0.4, 0.5) is 0 Å². The molecule has 1 aliphatic rings. The molecule has 1 aromatic heterocycles. The van der Waals surface area contributed by atoms with E-state index in [4.69, 9.17) is 9.84 Å². The van der Waals surface area contributed by atoms with Crippen molar-refractivity contribution >= 4 is 10.0 Å². The molecule has 1 aromatic rings. The van der Waals surface area contributed by atoms with Crippen molar-refractivity contribution in [3.05, 3.63) is 12.4 Å². The number of aliphatic hydroxyl groups excluding tert-OH is 1. The van der Waals surface area contributed by atoms with Gasteiger partial charge >= 0.3 is 0 Å². The van der Waals surface area contributed by atoms with E-state index >= 15 is 0 Å². The number of aromatic nitrogens is 2. The van der Waals surface area contributed by atoms with Gasteiger partial charge < -0.3 is 9.84 Å². The lowest BCUT2D eigenvalue weighted by molar-refractivity contribution is 0.0321. The second-order valence-corrected chi connectivity index (χ2v) is 6.96. The van der Waals surface area contributed by atoms with Gasteiger partial charge in [-0.15, -0.1) is 0 Å². The zero-order valence-electron chi connectivity index (χ0n) is 12.1. The standard InChI is InChI=1S/C13H23N3O4S/c17-8-7-16-11-13(10-14-16)21(18,19)15-6-9-20-12-4-2-1-3-5-12/h10-12,15,17H,1-9H2. The maximum absolute atomic E-state index is 12.0. The third-order valence-electron chi connectivity index (χ3n) is 3.55. The minimum absolute atomic E-state index is 0.0795. The summed E-state index contributed by atoms with van der Waals surface area (Å²) in [6, 6.07) is 0. The molecule has 0 unspecified atom stereocenters. The van der Waals surface area contributed by atoms with Gasteiger partial charge in [0.25, 0.3) is 0 Å². The van der Waals surface area contributed by atoms with Crippen LogP contribution in [0.25, 0.3) is 0 Å². The zero-order chi connectivity index (χ0) is 15.1. The highest BCUT2D eigenvalue weighted by Gasteiger charge is 2.17. The lowest BCUT2D eigenvalue weighted by Crippen LogP contribution is -2.29. The number of hydrogen-bond acceptors (Lipinski definition) is 5. The van der Waals surface area contributed by atoms with Crippen LogP contribution in [-0.4, -0.2) is 49.2 Å². The van der Waals surface area contributed by atoms with E-state index in [9.17, 15) is 8.42 Å². The molecule has 0 spiro atoms. The average molecular weight is 317 g/mol. The summed E-state index contributed by atoms with van der Waals surface area (Å²) in [6.07, 6.45) is 8.75. The minimum Gasteiger partial charge on any atom is -0.394 e. The lowest BCUT2D eigenvalue weighted by atomic mass is 9.98. The quantitative estimate of drug-likeness (QED) is 0.681. The number of sulfonamides is 1. The summed E-state index contributed by atoms with van der Waals surface area (Å²) in [5, 5.41) is 12.7. The fraction of sp³-hybridized carbons (Fsp3) is 0.769. The van der Waals surface area contributed by atoms with Crippen LogP contribution in [0.15, 0.2) is 17.3 Å². The van der Waals surface area contributed by atoms with Gasteiger partial charge in [-0.3, -0.25) is 4.68 Å².